The lowest BCUT2D eigenvalue weighted by molar-refractivity contribution is 0.411. The van der Waals surface area contributed by atoms with Gasteiger partial charge in [-0.15, -0.1) is 0 Å². The molecule has 4 nitrogen and oxygen atoms in total. The van der Waals surface area contributed by atoms with Gasteiger partial charge < -0.3 is 4.74 Å². The summed E-state index contributed by atoms with van der Waals surface area (Å²) < 4.78 is 5.27. The number of hydrogen-bond acceptors (Lipinski definition) is 4. The first-order valence-corrected chi connectivity index (χ1v) is 6.24. The Kier molecular flexibility index (Phi) is 4.49. The molecule has 0 fully saturated rings. The Balaban J connectivity index is 2.20. The Labute approximate surface area is 113 Å². The molecule has 0 aliphatic carbocycles. The second-order valence-corrected chi connectivity index (χ2v) is 4.51. The quantitative estimate of drug-likeness (QED) is 0.636. The molecule has 1 atom stereocenters. The molecule has 1 aromatic carbocycles. The van der Waals surface area contributed by atoms with Crippen LogP contribution in [0.15, 0.2) is 42.7 Å². The van der Waals surface area contributed by atoms with Crippen LogP contribution in [-0.4, -0.2) is 12.1 Å². The van der Waals surface area contributed by atoms with Crippen molar-refractivity contribution in [2.75, 3.05) is 7.11 Å². The summed E-state index contributed by atoms with van der Waals surface area (Å²) in [6, 6.07) is 10.2. The summed E-state index contributed by atoms with van der Waals surface area (Å²) in [7, 11) is 1.68. The minimum absolute atomic E-state index is 0.0759. The number of methoxy groups -OCH3 is 1. The summed E-state index contributed by atoms with van der Waals surface area (Å²) in [6.45, 7) is 2.03. The fraction of sp³-hybridized carbons (Fsp3) is 0.267. The molecule has 0 spiro atoms. The summed E-state index contributed by atoms with van der Waals surface area (Å²) >= 11 is 0. The molecular formula is C15H19N3O. The van der Waals surface area contributed by atoms with E-state index in [-0.39, 0.29) is 6.04 Å². The van der Waals surface area contributed by atoms with E-state index >= 15 is 0 Å². The van der Waals surface area contributed by atoms with Gasteiger partial charge in [0.2, 0.25) is 0 Å². The predicted molar refractivity (Wildman–Crippen MR) is 75.7 cm³/mol. The molecule has 1 heterocycles. The molecule has 0 saturated heterocycles. The topological polar surface area (TPSA) is 60.2 Å². The van der Waals surface area contributed by atoms with Crippen molar-refractivity contribution in [1.82, 2.24) is 10.4 Å². The van der Waals surface area contributed by atoms with E-state index in [1.165, 1.54) is 5.56 Å². The maximum absolute atomic E-state index is 5.68. The monoisotopic (exact) mass is 257 g/mol. The molecule has 0 aliphatic heterocycles. The van der Waals surface area contributed by atoms with Crippen molar-refractivity contribution in [3.05, 3.63) is 59.4 Å². The molecule has 0 radical (unpaired) electrons. The number of benzene rings is 1. The lowest BCUT2D eigenvalue weighted by atomic mass is 9.98. The van der Waals surface area contributed by atoms with Gasteiger partial charge in [0, 0.05) is 18.4 Å². The van der Waals surface area contributed by atoms with Gasteiger partial charge in [0.15, 0.2) is 0 Å². The number of hydrogen-bond donors (Lipinski definition) is 2. The Hall–Kier alpha value is -1.91. The molecular weight excluding hydrogens is 238 g/mol. The van der Waals surface area contributed by atoms with Gasteiger partial charge in [0.25, 0.3) is 0 Å². The highest BCUT2D eigenvalue weighted by Gasteiger charge is 2.12. The molecule has 4 heteroatoms. The van der Waals surface area contributed by atoms with Crippen LogP contribution in [0.1, 0.15) is 22.7 Å². The average Bonchev–Trinajstić information content (AvgIpc) is 2.46. The third-order valence-corrected chi connectivity index (χ3v) is 3.21. The van der Waals surface area contributed by atoms with Crippen molar-refractivity contribution in [1.29, 1.82) is 0 Å². The smallest absolute Gasteiger partial charge is 0.121 e. The van der Waals surface area contributed by atoms with Crippen molar-refractivity contribution < 1.29 is 4.74 Å². The summed E-state index contributed by atoms with van der Waals surface area (Å²) in [5.74, 6) is 6.57. The molecule has 0 saturated carbocycles. The number of ether oxygens (including phenoxy) is 1. The minimum Gasteiger partial charge on any atom is -0.496 e. The van der Waals surface area contributed by atoms with Gasteiger partial charge in [-0.25, -0.2) is 0 Å². The van der Waals surface area contributed by atoms with E-state index in [1.807, 2.05) is 31.2 Å². The normalized spacial score (nSPS) is 12.2. The number of rotatable bonds is 5. The molecule has 2 rings (SSSR count). The summed E-state index contributed by atoms with van der Waals surface area (Å²) in [5, 5.41) is 0. The van der Waals surface area contributed by atoms with Gasteiger partial charge in [-0.05, 0) is 48.2 Å². The number of hydrazine groups is 1. The molecule has 3 N–H and O–H groups in total. The van der Waals surface area contributed by atoms with Crippen LogP contribution in [0, 0.1) is 6.92 Å². The fourth-order valence-electron chi connectivity index (χ4n) is 2.15. The highest BCUT2D eigenvalue weighted by Crippen LogP contribution is 2.24. The van der Waals surface area contributed by atoms with Crippen molar-refractivity contribution >= 4 is 0 Å². The number of aromatic nitrogens is 1. The molecule has 0 aliphatic rings. The maximum atomic E-state index is 5.68. The minimum atomic E-state index is 0.0759. The van der Waals surface area contributed by atoms with Crippen LogP contribution in [0.4, 0.5) is 0 Å². The number of pyridine rings is 1. The molecule has 0 bridgehead atoms. The van der Waals surface area contributed by atoms with E-state index in [2.05, 4.69) is 16.5 Å². The van der Waals surface area contributed by atoms with Gasteiger partial charge in [-0.3, -0.25) is 16.3 Å². The summed E-state index contributed by atoms with van der Waals surface area (Å²) in [5.41, 5.74) is 6.33. The standard InChI is InChI=1S/C15H19N3O/c1-11-9-13(3-4-15(11)19-2)14(18-16)10-12-5-7-17-8-6-12/h3-9,14,18H,10,16H2,1-2H3. The Morgan fingerprint density at radius 3 is 2.58 bits per heavy atom. The van der Waals surface area contributed by atoms with Crippen LogP contribution in [0.5, 0.6) is 5.75 Å². The van der Waals surface area contributed by atoms with Crippen LogP contribution in [0.2, 0.25) is 0 Å². The second-order valence-electron chi connectivity index (χ2n) is 4.51. The van der Waals surface area contributed by atoms with E-state index in [9.17, 15) is 0 Å². The molecule has 1 aromatic heterocycles. The summed E-state index contributed by atoms with van der Waals surface area (Å²) in [6.07, 6.45) is 4.41. The van der Waals surface area contributed by atoms with Crippen LogP contribution in [-0.2, 0) is 6.42 Å². The fourth-order valence-corrected chi connectivity index (χ4v) is 2.15. The van der Waals surface area contributed by atoms with Gasteiger partial charge in [0.1, 0.15) is 5.75 Å². The maximum Gasteiger partial charge on any atom is 0.121 e. The van der Waals surface area contributed by atoms with Gasteiger partial charge in [0.05, 0.1) is 7.11 Å². The second kappa shape index (κ2) is 6.31. The molecule has 2 aromatic rings. The highest BCUT2D eigenvalue weighted by atomic mass is 16.5. The number of nitrogens with two attached hydrogens (primary N) is 1. The Bertz CT molecular complexity index is 528. The predicted octanol–water partition coefficient (Wildman–Crippen LogP) is 2.15. The van der Waals surface area contributed by atoms with Crippen LogP contribution in [0.3, 0.4) is 0 Å². The third kappa shape index (κ3) is 3.30. The number of nitrogens with one attached hydrogen (secondary N) is 1. The zero-order valence-corrected chi connectivity index (χ0v) is 11.3. The lowest BCUT2D eigenvalue weighted by Gasteiger charge is -2.18. The lowest BCUT2D eigenvalue weighted by Crippen LogP contribution is -2.29. The van der Waals surface area contributed by atoms with E-state index < -0.39 is 0 Å². The van der Waals surface area contributed by atoms with Crippen molar-refractivity contribution in [2.45, 2.75) is 19.4 Å². The zero-order chi connectivity index (χ0) is 13.7. The van der Waals surface area contributed by atoms with E-state index in [1.54, 1.807) is 19.5 Å². The van der Waals surface area contributed by atoms with Crippen LogP contribution >= 0.6 is 0 Å². The van der Waals surface area contributed by atoms with Crippen LogP contribution < -0.4 is 16.0 Å². The molecule has 19 heavy (non-hydrogen) atoms. The Morgan fingerprint density at radius 2 is 2.00 bits per heavy atom. The number of nitrogens with zero attached hydrogens (tertiary/aromatic N) is 1. The first-order chi connectivity index (χ1) is 9.24. The van der Waals surface area contributed by atoms with Gasteiger partial charge in [-0.1, -0.05) is 12.1 Å². The van der Waals surface area contributed by atoms with Crippen molar-refractivity contribution in [3.8, 4) is 5.75 Å². The highest BCUT2D eigenvalue weighted by molar-refractivity contribution is 5.37. The first-order valence-electron chi connectivity index (χ1n) is 6.24. The summed E-state index contributed by atoms with van der Waals surface area (Å²) in [4.78, 5) is 4.02. The molecule has 0 amide bonds. The van der Waals surface area contributed by atoms with E-state index in [0.29, 0.717) is 0 Å². The molecule has 1 unspecified atom stereocenters. The SMILES string of the molecule is COc1ccc(C(Cc2ccncc2)NN)cc1C. The van der Waals surface area contributed by atoms with Gasteiger partial charge >= 0.3 is 0 Å². The van der Waals surface area contributed by atoms with E-state index in [4.69, 9.17) is 10.6 Å². The third-order valence-electron chi connectivity index (χ3n) is 3.21. The van der Waals surface area contributed by atoms with Gasteiger partial charge in [-0.2, -0.15) is 0 Å². The largest absolute Gasteiger partial charge is 0.496 e. The van der Waals surface area contributed by atoms with E-state index in [0.717, 1.165) is 23.3 Å². The average molecular weight is 257 g/mol. The number of aryl methyl sites for hydroxylation is 1. The zero-order valence-electron chi connectivity index (χ0n) is 11.3. The Morgan fingerprint density at radius 1 is 1.26 bits per heavy atom. The van der Waals surface area contributed by atoms with Crippen molar-refractivity contribution in [2.24, 2.45) is 5.84 Å². The molecule has 100 valence electrons. The first kappa shape index (κ1) is 13.5. The van der Waals surface area contributed by atoms with Crippen molar-refractivity contribution in [3.63, 3.8) is 0 Å². The van der Waals surface area contributed by atoms with Crippen LogP contribution in [0.25, 0.3) is 0 Å².